The van der Waals surface area contributed by atoms with E-state index in [1.807, 2.05) is 13.0 Å². The van der Waals surface area contributed by atoms with Crippen molar-refractivity contribution >= 4 is 44.3 Å². The van der Waals surface area contributed by atoms with Gasteiger partial charge < -0.3 is 14.8 Å². The number of aryl methyl sites for hydroxylation is 1. The highest BCUT2D eigenvalue weighted by molar-refractivity contribution is 7.99. The molecule has 0 bridgehead atoms. The fourth-order valence-electron chi connectivity index (χ4n) is 3.10. The van der Waals surface area contributed by atoms with E-state index >= 15 is 0 Å². The molecule has 0 atom stereocenters. The number of hydrogen-bond acceptors (Lipinski definition) is 7. The van der Waals surface area contributed by atoms with Gasteiger partial charge in [-0.25, -0.2) is 17.7 Å². The topological polar surface area (TPSA) is 97.8 Å². The Balaban J connectivity index is 1.47. The van der Waals surface area contributed by atoms with Gasteiger partial charge in [-0.15, -0.1) is 0 Å². The van der Waals surface area contributed by atoms with Crippen molar-refractivity contribution in [3.05, 3.63) is 48.0 Å². The van der Waals surface area contributed by atoms with E-state index in [0.717, 1.165) is 10.9 Å². The number of anilines is 1. The summed E-state index contributed by atoms with van der Waals surface area (Å²) in [7, 11) is -0.522. The van der Waals surface area contributed by atoms with E-state index in [9.17, 15) is 13.2 Å². The summed E-state index contributed by atoms with van der Waals surface area (Å²) in [6.45, 7) is 2.07. The number of carbonyl (C=O) groups is 1. The van der Waals surface area contributed by atoms with Gasteiger partial charge in [-0.2, -0.15) is 0 Å². The van der Waals surface area contributed by atoms with Gasteiger partial charge in [-0.05, 0) is 48.9 Å². The SMILES string of the molecule is Cc1cc(SCC(=O)Nc2ccc3c(c2)OCO3)nc2ccc(S(=O)(=O)N(C)C)cc12. The number of sulfonamides is 1. The number of fused-ring (bicyclic) bond motifs is 2. The molecule has 1 aliphatic rings. The molecule has 0 radical (unpaired) electrons. The van der Waals surface area contributed by atoms with E-state index in [2.05, 4.69) is 10.3 Å². The van der Waals surface area contributed by atoms with Gasteiger partial charge in [0.05, 0.1) is 21.2 Å². The lowest BCUT2D eigenvalue weighted by Crippen LogP contribution is -2.22. The number of hydrogen-bond donors (Lipinski definition) is 1. The zero-order valence-corrected chi connectivity index (χ0v) is 18.8. The van der Waals surface area contributed by atoms with E-state index in [1.54, 1.807) is 36.4 Å². The molecule has 2 heterocycles. The number of carbonyl (C=O) groups excluding carboxylic acids is 1. The molecule has 1 aromatic heterocycles. The lowest BCUT2D eigenvalue weighted by molar-refractivity contribution is -0.113. The average Bonchev–Trinajstić information content (AvgIpc) is 3.20. The van der Waals surface area contributed by atoms with Crippen LogP contribution in [-0.4, -0.2) is 50.3 Å². The Morgan fingerprint density at radius 1 is 1.13 bits per heavy atom. The quantitative estimate of drug-likeness (QED) is 0.565. The van der Waals surface area contributed by atoms with Gasteiger partial charge >= 0.3 is 0 Å². The Labute approximate surface area is 184 Å². The normalized spacial score (nSPS) is 13.0. The molecule has 0 unspecified atom stereocenters. The average molecular weight is 460 g/mol. The third-order valence-corrected chi connectivity index (χ3v) is 7.47. The van der Waals surface area contributed by atoms with Crippen LogP contribution in [0.25, 0.3) is 10.9 Å². The number of thioether (sulfide) groups is 1. The molecular formula is C21H21N3O5S2. The predicted molar refractivity (Wildman–Crippen MR) is 119 cm³/mol. The number of amides is 1. The summed E-state index contributed by atoms with van der Waals surface area (Å²) in [5.74, 6) is 1.27. The van der Waals surface area contributed by atoms with Crippen LogP contribution in [0.4, 0.5) is 5.69 Å². The van der Waals surface area contributed by atoms with Crippen molar-refractivity contribution < 1.29 is 22.7 Å². The molecular weight excluding hydrogens is 438 g/mol. The number of nitrogens with one attached hydrogen (secondary N) is 1. The molecule has 0 aliphatic carbocycles. The second-order valence-corrected chi connectivity index (χ2v) is 10.3. The molecule has 1 amide bonds. The smallest absolute Gasteiger partial charge is 0.242 e. The maximum absolute atomic E-state index is 12.4. The number of rotatable bonds is 6. The van der Waals surface area contributed by atoms with Gasteiger partial charge in [-0.3, -0.25) is 4.79 Å². The molecule has 31 heavy (non-hydrogen) atoms. The predicted octanol–water partition coefficient (Wildman–Crippen LogP) is 3.25. The van der Waals surface area contributed by atoms with E-state index < -0.39 is 10.0 Å². The van der Waals surface area contributed by atoms with Crippen LogP contribution < -0.4 is 14.8 Å². The Hall–Kier alpha value is -2.82. The Kier molecular flexibility index (Phi) is 5.78. The molecule has 0 spiro atoms. The molecule has 0 saturated heterocycles. The molecule has 1 N–H and O–H groups in total. The lowest BCUT2D eigenvalue weighted by Gasteiger charge is -2.13. The zero-order valence-electron chi connectivity index (χ0n) is 17.2. The fourth-order valence-corrected chi connectivity index (χ4v) is 4.80. The Morgan fingerprint density at radius 2 is 1.90 bits per heavy atom. The minimum Gasteiger partial charge on any atom is -0.454 e. The molecule has 4 rings (SSSR count). The Morgan fingerprint density at radius 3 is 2.68 bits per heavy atom. The monoisotopic (exact) mass is 459 g/mol. The molecule has 8 nitrogen and oxygen atoms in total. The summed E-state index contributed by atoms with van der Waals surface area (Å²) >= 11 is 1.31. The van der Waals surface area contributed by atoms with Crippen LogP contribution in [0, 0.1) is 6.92 Å². The number of benzene rings is 2. The molecule has 10 heteroatoms. The van der Waals surface area contributed by atoms with Crippen LogP contribution in [0.3, 0.4) is 0 Å². The Bertz CT molecular complexity index is 1280. The van der Waals surface area contributed by atoms with Crippen molar-refractivity contribution in [1.29, 1.82) is 0 Å². The maximum Gasteiger partial charge on any atom is 0.242 e. The van der Waals surface area contributed by atoms with Crippen molar-refractivity contribution in [2.24, 2.45) is 0 Å². The first-order chi connectivity index (χ1) is 14.7. The van der Waals surface area contributed by atoms with Crippen molar-refractivity contribution in [1.82, 2.24) is 9.29 Å². The summed E-state index contributed by atoms with van der Waals surface area (Å²) in [6.07, 6.45) is 0. The van der Waals surface area contributed by atoms with Gasteiger partial charge in [0, 0.05) is 31.2 Å². The standard InChI is InChI=1S/C21H21N3O5S2/c1-13-8-21(23-17-6-5-15(10-16(13)17)31(26,27)24(2)3)30-11-20(25)22-14-4-7-18-19(9-14)29-12-28-18/h4-10H,11-12H2,1-3H3,(H,22,25). The van der Waals surface area contributed by atoms with E-state index in [4.69, 9.17) is 9.47 Å². The minimum atomic E-state index is -3.52. The highest BCUT2D eigenvalue weighted by atomic mass is 32.2. The lowest BCUT2D eigenvalue weighted by atomic mass is 10.1. The minimum absolute atomic E-state index is 0.171. The van der Waals surface area contributed by atoms with Gasteiger partial charge in [0.25, 0.3) is 0 Å². The first-order valence-electron chi connectivity index (χ1n) is 9.40. The van der Waals surface area contributed by atoms with Gasteiger partial charge in [-0.1, -0.05) is 11.8 Å². The third-order valence-electron chi connectivity index (χ3n) is 4.75. The highest BCUT2D eigenvalue weighted by Crippen LogP contribution is 2.34. The first-order valence-corrected chi connectivity index (χ1v) is 11.8. The van der Waals surface area contributed by atoms with Gasteiger partial charge in [0.15, 0.2) is 11.5 Å². The van der Waals surface area contributed by atoms with Gasteiger partial charge in [0.1, 0.15) is 0 Å². The molecule has 0 saturated carbocycles. The van der Waals surface area contributed by atoms with Crippen LogP contribution in [0.15, 0.2) is 52.4 Å². The molecule has 2 aromatic carbocycles. The maximum atomic E-state index is 12.4. The summed E-state index contributed by atoms with van der Waals surface area (Å²) in [6, 6.07) is 12.0. The number of pyridine rings is 1. The largest absolute Gasteiger partial charge is 0.454 e. The number of nitrogens with zero attached hydrogens (tertiary/aromatic N) is 2. The van der Waals surface area contributed by atoms with Crippen LogP contribution in [0.5, 0.6) is 11.5 Å². The zero-order chi connectivity index (χ0) is 22.2. The molecule has 3 aromatic rings. The molecule has 1 aliphatic heterocycles. The highest BCUT2D eigenvalue weighted by Gasteiger charge is 2.18. The van der Waals surface area contributed by atoms with E-state index in [0.29, 0.717) is 27.7 Å². The third kappa shape index (κ3) is 4.46. The first kappa shape index (κ1) is 21.4. The van der Waals surface area contributed by atoms with Crippen LogP contribution in [0.1, 0.15) is 5.56 Å². The number of ether oxygens (including phenoxy) is 2. The second kappa shape index (κ2) is 8.37. The van der Waals surface area contributed by atoms with Crippen molar-refractivity contribution in [2.45, 2.75) is 16.8 Å². The summed E-state index contributed by atoms with van der Waals surface area (Å²) in [4.78, 5) is 17.1. The van der Waals surface area contributed by atoms with E-state index in [-0.39, 0.29) is 23.3 Å². The van der Waals surface area contributed by atoms with Crippen molar-refractivity contribution in [3.8, 4) is 11.5 Å². The van der Waals surface area contributed by atoms with Crippen molar-refractivity contribution in [2.75, 3.05) is 32.0 Å². The number of aromatic nitrogens is 1. The van der Waals surface area contributed by atoms with Crippen LogP contribution in [-0.2, 0) is 14.8 Å². The molecule has 0 fully saturated rings. The van der Waals surface area contributed by atoms with Crippen LogP contribution in [0.2, 0.25) is 0 Å². The summed E-state index contributed by atoms with van der Waals surface area (Å²) in [5, 5.41) is 4.28. The van der Waals surface area contributed by atoms with Crippen molar-refractivity contribution in [3.63, 3.8) is 0 Å². The second-order valence-electron chi connectivity index (χ2n) is 7.15. The summed E-state index contributed by atoms with van der Waals surface area (Å²) < 4.78 is 36.5. The summed E-state index contributed by atoms with van der Waals surface area (Å²) in [5.41, 5.74) is 2.20. The fraction of sp³-hybridized carbons (Fsp3) is 0.238. The van der Waals surface area contributed by atoms with Crippen LogP contribution >= 0.6 is 11.8 Å². The van der Waals surface area contributed by atoms with Gasteiger partial charge in [0.2, 0.25) is 22.7 Å². The molecule has 162 valence electrons. The van der Waals surface area contributed by atoms with E-state index in [1.165, 1.54) is 30.2 Å².